The molecule has 2 N–H and O–H groups in total. The number of aryl methyl sites for hydroxylation is 1. The summed E-state index contributed by atoms with van der Waals surface area (Å²) in [4.78, 5) is 8.73. The van der Waals surface area contributed by atoms with E-state index in [2.05, 4.69) is 27.5 Å². The van der Waals surface area contributed by atoms with Crippen LogP contribution in [0.15, 0.2) is 6.07 Å². The summed E-state index contributed by atoms with van der Waals surface area (Å²) in [6, 6.07) is 2.55. The minimum atomic E-state index is 0.543. The highest BCUT2D eigenvalue weighted by atomic mass is 15.1. The van der Waals surface area contributed by atoms with E-state index in [0.717, 1.165) is 23.9 Å². The summed E-state index contributed by atoms with van der Waals surface area (Å²) in [5.74, 6) is 2.57. The molecule has 1 fully saturated rings. The second-order valence-corrected chi connectivity index (χ2v) is 4.90. The number of rotatable bonds is 6. The minimum absolute atomic E-state index is 0.543. The maximum atomic E-state index is 4.43. The van der Waals surface area contributed by atoms with Crippen LogP contribution in [-0.4, -0.2) is 23.1 Å². The molecule has 2 rings (SSSR count). The average Bonchev–Trinajstić information content (AvgIpc) is 3.11. The third-order valence-corrected chi connectivity index (χ3v) is 3.24. The zero-order valence-electron chi connectivity index (χ0n) is 11.0. The summed E-state index contributed by atoms with van der Waals surface area (Å²) in [5, 5.41) is 6.51. The van der Waals surface area contributed by atoms with Crippen LogP contribution in [0.4, 0.5) is 11.8 Å². The largest absolute Gasteiger partial charge is 0.367 e. The van der Waals surface area contributed by atoms with Gasteiger partial charge in [-0.2, -0.15) is 4.98 Å². The molecule has 0 radical (unpaired) electrons. The Hall–Kier alpha value is -1.32. The number of hydrogen-bond donors (Lipinski definition) is 2. The van der Waals surface area contributed by atoms with Crippen molar-refractivity contribution in [3.8, 4) is 0 Å². The molecule has 1 heterocycles. The second-order valence-electron chi connectivity index (χ2n) is 4.90. The number of hydrogen-bond acceptors (Lipinski definition) is 4. The molecule has 1 saturated carbocycles. The van der Waals surface area contributed by atoms with Crippen molar-refractivity contribution in [3.63, 3.8) is 0 Å². The maximum absolute atomic E-state index is 4.43. The topological polar surface area (TPSA) is 49.8 Å². The van der Waals surface area contributed by atoms with Crippen molar-refractivity contribution in [2.45, 2.75) is 45.6 Å². The first kappa shape index (κ1) is 12.1. The number of aromatic nitrogens is 2. The van der Waals surface area contributed by atoms with Crippen molar-refractivity contribution in [2.75, 3.05) is 17.7 Å². The van der Waals surface area contributed by atoms with Gasteiger partial charge in [0, 0.05) is 24.8 Å². The molecule has 4 heteroatoms. The van der Waals surface area contributed by atoms with Gasteiger partial charge in [-0.1, -0.05) is 19.8 Å². The summed E-state index contributed by atoms with van der Waals surface area (Å²) in [6.45, 7) is 4.22. The Labute approximate surface area is 103 Å². The number of anilines is 2. The molecule has 0 bridgehead atoms. The molecule has 1 aliphatic rings. The second kappa shape index (κ2) is 5.34. The molecule has 0 spiro atoms. The van der Waals surface area contributed by atoms with Crippen molar-refractivity contribution in [2.24, 2.45) is 5.92 Å². The Morgan fingerprint density at radius 2 is 2.18 bits per heavy atom. The molecule has 17 heavy (non-hydrogen) atoms. The minimum Gasteiger partial charge on any atom is -0.367 e. The van der Waals surface area contributed by atoms with Crippen LogP contribution in [0.1, 0.15) is 38.3 Å². The highest BCUT2D eigenvalue weighted by Crippen LogP contribution is 2.34. The monoisotopic (exact) mass is 234 g/mol. The molecule has 94 valence electrons. The van der Waals surface area contributed by atoms with Gasteiger partial charge in [-0.3, -0.25) is 0 Å². The van der Waals surface area contributed by atoms with E-state index >= 15 is 0 Å². The lowest BCUT2D eigenvalue weighted by Gasteiger charge is -2.17. The number of nitrogens with zero attached hydrogens (tertiary/aromatic N) is 2. The fourth-order valence-electron chi connectivity index (χ4n) is 2.05. The Balaban J connectivity index is 2.01. The number of nitrogens with one attached hydrogen (secondary N) is 2. The molecule has 1 atom stereocenters. The van der Waals surface area contributed by atoms with Crippen LogP contribution < -0.4 is 10.6 Å². The highest BCUT2D eigenvalue weighted by Gasteiger charge is 2.24. The van der Waals surface area contributed by atoms with E-state index in [1.54, 1.807) is 0 Å². The molecule has 0 saturated heterocycles. The van der Waals surface area contributed by atoms with E-state index < -0.39 is 0 Å². The molecular weight excluding hydrogens is 212 g/mol. The van der Waals surface area contributed by atoms with Gasteiger partial charge >= 0.3 is 0 Å². The lowest BCUT2D eigenvalue weighted by molar-refractivity contribution is 0.585. The van der Waals surface area contributed by atoms with Crippen LogP contribution in [0.3, 0.4) is 0 Å². The van der Waals surface area contributed by atoms with Gasteiger partial charge in [0.05, 0.1) is 0 Å². The smallest absolute Gasteiger partial charge is 0.224 e. The predicted octanol–water partition coefficient (Wildman–Crippen LogP) is 2.82. The molecule has 1 aromatic heterocycles. The lowest BCUT2D eigenvalue weighted by atomic mass is 10.1. The van der Waals surface area contributed by atoms with E-state index in [1.807, 2.05) is 20.0 Å². The van der Waals surface area contributed by atoms with Crippen LogP contribution in [0.2, 0.25) is 0 Å². The molecule has 1 aromatic rings. The fourth-order valence-corrected chi connectivity index (χ4v) is 2.05. The summed E-state index contributed by atoms with van der Waals surface area (Å²) in [7, 11) is 1.85. The first-order valence-corrected chi connectivity index (χ1v) is 6.51. The van der Waals surface area contributed by atoms with Gasteiger partial charge < -0.3 is 10.6 Å². The van der Waals surface area contributed by atoms with E-state index in [4.69, 9.17) is 0 Å². The summed E-state index contributed by atoms with van der Waals surface area (Å²) < 4.78 is 0. The summed E-state index contributed by atoms with van der Waals surface area (Å²) >= 11 is 0. The van der Waals surface area contributed by atoms with Gasteiger partial charge in [-0.25, -0.2) is 4.98 Å². The van der Waals surface area contributed by atoms with Crippen LogP contribution >= 0.6 is 0 Å². The molecule has 0 amide bonds. The standard InChI is InChI=1S/C13H22N4/c1-4-11(8-10-5-6-10)16-12-7-9(2)15-13(14-3)17-12/h7,10-11H,4-6,8H2,1-3H3,(H2,14,15,16,17). The maximum Gasteiger partial charge on any atom is 0.224 e. The predicted molar refractivity (Wildman–Crippen MR) is 71.4 cm³/mol. The molecule has 1 aliphatic carbocycles. The lowest BCUT2D eigenvalue weighted by Crippen LogP contribution is -2.20. The SMILES string of the molecule is CCC(CC1CC1)Nc1cc(C)nc(NC)n1. The zero-order valence-corrected chi connectivity index (χ0v) is 11.0. The average molecular weight is 234 g/mol. The van der Waals surface area contributed by atoms with Gasteiger partial charge in [0.1, 0.15) is 5.82 Å². The first-order valence-electron chi connectivity index (χ1n) is 6.51. The Kier molecular flexibility index (Phi) is 3.82. The summed E-state index contributed by atoms with van der Waals surface area (Å²) in [6.07, 6.45) is 5.23. The van der Waals surface area contributed by atoms with E-state index in [9.17, 15) is 0 Å². The normalized spacial score (nSPS) is 16.6. The van der Waals surface area contributed by atoms with E-state index in [0.29, 0.717) is 12.0 Å². The molecule has 1 unspecified atom stereocenters. The Morgan fingerprint density at radius 1 is 1.41 bits per heavy atom. The quantitative estimate of drug-likeness (QED) is 0.794. The highest BCUT2D eigenvalue weighted by molar-refractivity contribution is 5.42. The van der Waals surface area contributed by atoms with Crippen molar-refractivity contribution in [1.82, 2.24) is 9.97 Å². The Morgan fingerprint density at radius 3 is 2.76 bits per heavy atom. The van der Waals surface area contributed by atoms with Crippen LogP contribution in [0, 0.1) is 12.8 Å². The van der Waals surface area contributed by atoms with Gasteiger partial charge in [0.2, 0.25) is 5.95 Å². The zero-order chi connectivity index (χ0) is 12.3. The van der Waals surface area contributed by atoms with Crippen molar-refractivity contribution >= 4 is 11.8 Å². The van der Waals surface area contributed by atoms with Crippen molar-refractivity contribution in [1.29, 1.82) is 0 Å². The Bertz CT molecular complexity index is 374. The van der Waals surface area contributed by atoms with Gasteiger partial charge in [0.25, 0.3) is 0 Å². The summed E-state index contributed by atoms with van der Waals surface area (Å²) in [5.41, 5.74) is 0.994. The van der Waals surface area contributed by atoms with Crippen molar-refractivity contribution in [3.05, 3.63) is 11.8 Å². The fraction of sp³-hybridized carbons (Fsp3) is 0.692. The molecule has 4 nitrogen and oxygen atoms in total. The van der Waals surface area contributed by atoms with E-state index in [-0.39, 0.29) is 0 Å². The third-order valence-electron chi connectivity index (χ3n) is 3.24. The van der Waals surface area contributed by atoms with Crippen LogP contribution in [0.25, 0.3) is 0 Å². The van der Waals surface area contributed by atoms with Crippen molar-refractivity contribution < 1.29 is 0 Å². The van der Waals surface area contributed by atoms with Gasteiger partial charge in [0.15, 0.2) is 0 Å². The molecule has 0 aromatic carbocycles. The van der Waals surface area contributed by atoms with E-state index in [1.165, 1.54) is 19.3 Å². The van der Waals surface area contributed by atoms with Gasteiger partial charge in [-0.05, 0) is 25.7 Å². The first-order chi connectivity index (χ1) is 8.21. The van der Waals surface area contributed by atoms with Crippen LogP contribution in [-0.2, 0) is 0 Å². The molecule has 0 aliphatic heterocycles. The van der Waals surface area contributed by atoms with Crippen LogP contribution in [0.5, 0.6) is 0 Å². The molecular formula is C13H22N4. The third kappa shape index (κ3) is 3.58. The van der Waals surface area contributed by atoms with Gasteiger partial charge in [-0.15, -0.1) is 0 Å².